The molecule has 0 bridgehead atoms. The van der Waals surface area contributed by atoms with Gasteiger partial charge in [-0.2, -0.15) is 0 Å². The quantitative estimate of drug-likeness (QED) is 0.799. The summed E-state index contributed by atoms with van der Waals surface area (Å²) in [7, 11) is 3.44. The van der Waals surface area contributed by atoms with E-state index in [4.69, 9.17) is 9.47 Å². The van der Waals surface area contributed by atoms with Crippen molar-refractivity contribution in [3.05, 3.63) is 28.2 Å². The molecule has 2 rings (SSSR count). The van der Waals surface area contributed by atoms with Crippen molar-refractivity contribution in [1.29, 1.82) is 0 Å². The Hall–Kier alpha value is -1.11. The number of carbonyl (C=O) groups is 1. The molecule has 6 heteroatoms. The van der Waals surface area contributed by atoms with Crippen LogP contribution in [-0.2, 0) is 16.1 Å². The van der Waals surface area contributed by atoms with E-state index in [2.05, 4.69) is 21.2 Å². The SMILES string of the molecule is COc1ccc(Br)cc1CN(C)C(=O)CNCC1CCCO1. The van der Waals surface area contributed by atoms with Gasteiger partial charge < -0.3 is 19.7 Å². The number of likely N-dealkylation sites (N-methyl/N-ethyl adjacent to an activating group) is 1. The van der Waals surface area contributed by atoms with Crippen LogP contribution < -0.4 is 10.1 Å². The number of rotatable bonds is 7. The number of hydrogen-bond donors (Lipinski definition) is 1. The zero-order valence-corrected chi connectivity index (χ0v) is 14.7. The largest absolute Gasteiger partial charge is 0.496 e. The Bertz CT molecular complexity index is 504. The molecule has 1 fully saturated rings. The number of nitrogens with zero attached hydrogens (tertiary/aromatic N) is 1. The first-order valence-electron chi connectivity index (χ1n) is 7.49. The average Bonchev–Trinajstić information content (AvgIpc) is 3.00. The third-order valence-corrected chi connectivity index (χ3v) is 4.24. The lowest BCUT2D eigenvalue weighted by Gasteiger charge is -2.20. The Labute approximate surface area is 140 Å². The summed E-state index contributed by atoms with van der Waals surface area (Å²) in [6.07, 6.45) is 2.44. The summed E-state index contributed by atoms with van der Waals surface area (Å²) in [6.45, 7) is 2.42. The first-order chi connectivity index (χ1) is 10.6. The molecule has 1 unspecified atom stereocenters. The number of hydrogen-bond acceptors (Lipinski definition) is 4. The lowest BCUT2D eigenvalue weighted by molar-refractivity contribution is -0.129. The summed E-state index contributed by atoms with van der Waals surface area (Å²) in [4.78, 5) is 13.9. The van der Waals surface area contributed by atoms with E-state index >= 15 is 0 Å². The average molecular weight is 371 g/mol. The van der Waals surface area contributed by atoms with Crippen LogP contribution in [0.3, 0.4) is 0 Å². The van der Waals surface area contributed by atoms with Gasteiger partial charge in [-0.15, -0.1) is 0 Å². The van der Waals surface area contributed by atoms with E-state index in [0.717, 1.165) is 41.8 Å². The van der Waals surface area contributed by atoms with Crippen LogP contribution in [-0.4, -0.2) is 50.8 Å². The van der Waals surface area contributed by atoms with Gasteiger partial charge in [0.05, 0.1) is 19.8 Å². The van der Waals surface area contributed by atoms with Crippen molar-refractivity contribution in [1.82, 2.24) is 10.2 Å². The predicted molar refractivity (Wildman–Crippen MR) is 89.0 cm³/mol. The Kier molecular flexibility index (Phi) is 6.67. The highest BCUT2D eigenvalue weighted by atomic mass is 79.9. The summed E-state index contributed by atoms with van der Waals surface area (Å²) in [5, 5.41) is 3.18. The number of carbonyl (C=O) groups excluding carboxylic acids is 1. The maximum atomic E-state index is 12.2. The highest BCUT2D eigenvalue weighted by Gasteiger charge is 2.16. The standard InChI is InChI=1S/C16H23BrN2O3/c1-19(11-12-8-13(17)5-6-15(12)21-2)16(20)10-18-9-14-4-3-7-22-14/h5-6,8,14,18H,3-4,7,9-11H2,1-2H3. The molecule has 1 aliphatic heterocycles. The molecule has 1 saturated heterocycles. The van der Waals surface area contributed by atoms with Gasteiger partial charge in [-0.05, 0) is 31.0 Å². The maximum Gasteiger partial charge on any atom is 0.236 e. The Balaban J connectivity index is 1.81. The molecular weight excluding hydrogens is 348 g/mol. The van der Waals surface area contributed by atoms with E-state index in [1.807, 2.05) is 18.2 Å². The second-order valence-corrected chi connectivity index (χ2v) is 6.39. The molecule has 1 aromatic carbocycles. The summed E-state index contributed by atoms with van der Waals surface area (Å²) in [6, 6.07) is 5.79. The van der Waals surface area contributed by atoms with Gasteiger partial charge in [0.15, 0.2) is 0 Å². The fourth-order valence-electron chi connectivity index (χ4n) is 2.49. The second-order valence-electron chi connectivity index (χ2n) is 5.47. The van der Waals surface area contributed by atoms with Gasteiger partial charge in [0, 0.05) is 36.8 Å². The van der Waals surface area contributed by atoms with Crippen LogP contribution in [0.5, 0.6) is 5.75 Å². The molecule has 1 atom stereocenters. The molecule has 0 aromatic heterocycles. The molecule has 0 spiro atoms. The van der Waals surface area contributed by atoms with Gasteiger partial charge in [-0.1, -0.05) is 15.9 Å². The number of amides is 1. The molecule has 0 aliphatic carbocycles. The molecule has 1 amide bonds. The van der Waals surface area contributed by atoms with Crippen molar-refractivity contribution in [2.24, 2.45) is 0 Å². The number of ether oxygens (including phenoxy) is 2. The Morgan fingerprint density at radius 1 is 1.55 bits per heavy atom. The number of benzene rings is 1. The molecule has 1 aromatic rings. The van der Waals surface area contributed by atoms with E-state index < -0.39 is 0 Å². The van der Waals surface area contributed by atoms with Crippen LogP contribution in [0.15, 0.2) is 22.7 Å². The number of methoxy groups -OCH3 is 1. The Morgan fingerprint density at radius 3 is 3.05 bits per heavy atom. The van der Waals surface area contributed by atoms with Gasteiger partial charge >= 0.3 is 0 Å². The first-order valence-corrected chi connectivity index (χ1v) is 8.28. The van der Waals surface area contributed by atoms with Crippen molar-refractivity contribution in [2.45, 2.75) is 25.5 Å². The van der Waals surface area contributed by atoms with Gasteiger partial charge in [0.25, 0.3) is 0 Å². The molecule has 1 heterocycles. The monoisotopic (exact) mass is 370 g/mol. The highest BCUT2D eigenvalue weighted by Crippen LogP contribution is 2.24. The minimum atomic E-state index is 0.0556. The smallest absolute Gasteiger partial charge is 0.236 e. The van der Waals surface area contributed by atoms with Crippen LogP contribution in [0.2, 0.25) is 0 Å². The van der Waals surface area contributed by atoms with Crippen molar-refractivity contribution in [3.8, 4) is 5.75 Å². The lowest BCUT2D eigenvalue weighted by Crippen LogP contribution is -2.38. The molecule has 0 radical (unpaired) electrons. The maximum absolute atomic E-state index is 12.2. The molecule has 122 valence electrons. The first kappa shape index (κ1) is 17.2. The molecule has 5 nitrogen and oxygen atoms in total. The molecule has 1 aliphatic rings. The third kappa shape index (κ3) is 4.97. The molecular formula is C16H23BrN2O3. The zero-order valence-electron chi connectivity index (χ0n) is 13.1. The van der Waals surface area contributed by atoms with E-state index in [0.29, 0.717) is 13.1 Å². The predicted octanol–water partition coefficient (Wildman–Crippen LogP) is 2.18. The van der Waals surface area contributed by atoms with Gasteiger partial charge in [-0.25, -0.2) is 0 Å². The fraction of sp³-hybridized carbons (Fsp3) is 0.562. The normalized spacial score (nSPS) is 17.5. The van der Waals surface area contributed by atoms with Crippen LogP contribution in [0.1, 0.15) is 18.4 Å². The van der Waals surface area contributed by atoms with Crippen molar-refractivity contribution in [3.63, 3.8) is 0 Å². The zero-order chi connectivity index (χ0) is 15.9. The third-order valence-electron chi connectivity index (χ3n) is 3.75. The van der Waals surface area contributed by atoms with Gasteiger partial charge in [-0.3, -0.25) is 4.79 Å². The molecule has 0 saturated carbocycles. The lowest BCUT2D eigenvalue weighted by atomic mass is 10.2. The van der Waals surface area contributed by atoms with Crippen molar-refractivity contribution >= 4 is 21.8 Å². The number of nitrogens with one attached hydrogen (secondary N) is 1. The van der Waals surface area contributed by atoms with E-state index in [1.54, 1.807) is 19.1 Å². The molecule has 22 heavy (non-hydrogen) atoms. The van der Waals surface area contributed by atoms with Crippen LogP contribution in [0.4, 0.5) is 0 Å². The second kappa shape index (κ2) is 8.50. The van der Waals surface area contributed by atoms with Gasteiger partial charge in [0.2, 0.25) is 5.91 Å². The Morgan fingerprint density at radius 2 is 2.36 bits per heavy atom. The van der Waals surface area contributed by atoms with Crippen LogP contribution >= 0.6 is 15.9 Å². The van der Waals surface area contributed by atoms with E-state index in [-0.39, 0.29) is 12.0 Å². The van der Waals surface area contributed by atoms with Crippen LogP contribution in [0.25, 0.3) is 0 Å². The van der Waals surface area contributed by atoms with Crippen molar-refractivity contribution in [2.75, 3.05) is 33.9 Å². The van der Waals surface area contributed by atoms with Crippen molar-refractivity contribution < 1.29 is 14.3 Å². The van der Waals surface area contributed by atoms with Crippen LogP contribution in [0, 0.1) is 0 Å². The minimum Gasteiger partial charge on any atom is -0.496 e. The fourth-order valence-corrected chi connectivity index (χ4v) is 2.90. The topological polar surface area (TPSA) is 50.8 Å². The summed E-state index contributed by atoms with van der Waals surface area (Å²) < 4.78 is 11.8. The summed E-state index contributed by atoms with van der Waals surface area (Å²) in [5.41, 5.74) is 0.979. The summed E-state index contributed by atoms with van der Waals surface area (Å²) >= 11 is 3.45. The molecule has 1 N–H and O–H groups in total. The minimum absolute atomic E-state index is 0.0556. The van der Waals surface area contributed by atoms with E-state index in [1.165, 1.54) is 0 Å². The van der Waals surface area contributed by atoms with E-state index in [9.17, 15) is 4.79 Å². The van der Waals surface area contributed by atoms with Gasteiger partial charge in [0.1, 0.15) is 5.75 Å². The highest BCUT2D eigenvalue weighted by molar-refractivity contribution is 9.10. The number of halogens is 1. The summed E-state index contributed by atoms with van der Waals surface area (Å²) in [5.74, 6) is 0.843.